The average Bonchev–Trinajstić information content (AvgIpc) is 2.36. The quantitative estimate of drug-likeness (QED) is 0.756. The van der Waals surface area contributed by atoms with Crippen molar-refractivity contribution in [3.63, 3.8) is 0 Å². The van der Waals surface area contributed by atoms with Crippen LogP contribution in [-0.4, -0.2) is 37.1 Å². The summed E-state index contributed by atoms with van der Waals surface area (Å²) in [6, 6.07) is 1.52. The van der Waals surface area contributed by atoms with Crippen molar-refractivity contribution in [1.29, 1.82) is 0 Å². The maximum absolute atomic E-state index is 3.75. The fourth-order valence-corrected chi connectivity index (χ4v) is 4.11. The maximum atomic E-state index is 3.75. The first-order valence-electron chi connectivity index (χ1n) is 8.68. The molecule has 2 nitrogen and oxygen atoms in total. The Morgan fingerprint density at radius 2 is 1.84 bits per heavy atom. The second kappa shape index (κ2) is 7.64. The van der Waals surface area contributed by atoms with Gasteiger partial charge >= 0.3 is 0 Å². The van der Waals surface area contributed by atoms with Crippen LogP contribution in [0, 0.1) is 11.8 Å². The van der Waals surface area contributed by atoms with Gasteiger partial charge in [0.1, 0.15) is 0 Å². The molecule has 0 aromatic rings. The Morgan fingerprint density at radius 1 is 1.05 bits per heavy atom. The molecule has 2 fully saturated rings. The SMILES string of the molecule is CCCC1CCC(NCC)C(N(C)CC2CCC2)C1. The predicted molar refractivity (Wildman–Crippen MR) is 83.5 cm³/mol. The van der Waals surface area contributed by atoms with Crippen molar-refractivity contribution in [3.8, 4) is 0 Å². The standard InChI is InChI=1S/C17H34N2/c1-4-7-14-10-11-16(18-5-2)17(12-14)19(3)13-15-8-6-9-15/h14-18H,4-13H2,1-3H3. The van der Waals surface area contributed by atoms with Gasteiger partial charge in [-0.25, -0.2) is 0 Å². The van der Waals surface area contributed by atoms with Crippen LogP contribution in [0.15, 0.2) is 0 Å². The van der Waals surface area contributed by atoms with E-state index in [1.807, 2.05) is 0 Å². The highest BCUT2D eigenvalue weighted by Gasteiger charge is 2.33. The van der Waals surface area contributed by atoms with Crippen LogP contribution in [0.4, 0.5) is 0 Å². The largest absolute Gasteiger partial charge is 0.313 e. The molecular weight excluding hydrogens is 232 g/mol. The van der Waals surface area contributed by atoms with Crippen LogP contribution < -0.4 is 5.32 Å². The van der Waals surface area contributed by atoms with Crippen LogP contribution >= 0.6 is 0 Å². The molecule has 112 valence electrons. The number of rotatable bonds is 7. The molecule has 0 spiro atoms. The molecule has 2 rings (SSSR count). The van der Waals surface area contributed by atoms with Crippen molar-refractivity contribution in [2.75, 3.05) is 20.1 Å². The van der Waals surface area contributed by atoms with Crippen LogP contribution in [-0.2, 0) is 0 Å². The fourth-order valence-electron chi connectivity index (χ4n) is 4.11. The number of hydrogen-bond acceptors (Lipinski definition) is 2. The molecule has 0 bridgehead atoms. The van der Waals surface area contributed by atoms with E-state index < -0.39 is 0 Å². The Labute approximate surface area is 120 Å². The summed E-state index contributed by atoms with van der Waals surface area (Å²) in [7, 11) is 2.38. The third kappa shape index (κ3) is 4.19. The molecule has 19 heavy (non-hydrogen) atoms. The summed E-state index contributed by atoms with van der Waals surface area (Å²) in [6.07, 6.45) is 11.5. The highest BCUT2D eigenvalue weighted by atomic mass is 15.2. The summed E-state index contributed by atoms with van der Waals surface area (Å²) in [4.78, 5) is 2.69. The van der Waals surface area contributed by atoms with E-state index in [2.05, 4.69) is 31.1 Å². The van der Waals surface area contributed by atoms with Gasteiger partial charge in [0, 0.05) is 18.6 Å². The second-order valence-corrected chi connectivity index (χ2v) is 6.94. The zero-order valence-corrected chi connectivity index (χ0v) is 13.3. The summed E-state index contributed by atoms with van der Waals surface area (Å²) < 4.78 is 0. The van der Waals surface area contributed by atoms with Gasteiger partial charge in [0.05, 0.1) is 0 Å². The first-order valence-corrected chi connectivity index (χ1v) is 8.68. The molecule has 3 unspecified atom stereocenters. The molecule has 0 aromatic heterocycles. The highest BCUT2D eigenvalue weighted by Crippen LogP contribution is 2.33. The number of nitrogens with one attached hydrogen (secondary N) is 1. The van der Waals surface area contributed by atoms with E-state index in [0.29, 0.717) is 0 Å². The zero-order chi connectivity index (χ0) is 13.7. The lowest BCUT2D eigenvalue weighted by Gasteiger charge is -2.43. The van der Waals surface area contributed by atoms with Gasteiger partial charge in [-0.3, -0.25) is 0 Å². The molecule has 1 N–H and O–H groups in total. The molecule has 0 saturated heterocycles. The lowest BCUT2D eigenvalue weighted by Crippen LogP contribution is -2.53. The number of nitrogens with zero attached hydrogens (tertiary/aromatic N) is 1. The van der Waals surface area contributed by atoms with Crippen LogP contribution in [0.25, 0.3) is 0 Å². The van der Waals surface area contributed by atoms with Gasteiger partial charge in [0.2, 0.25) is 0 Å². The van der Waals surface area contributed by atoms with E-state index >= 15 is 0 Å². The van der Waals surface area contributed by atoms with E-state index in [9.17, 15) is 0 Å². The number of likely N-dealkylation sites (N-methyl/N-ethyl adjacent to an activating group) is 2. The van der Waals surface area contributed by atoms with Crippen molar-refractivity contribution < 1.29 is 0 Å². The molecule has 3 atom stereocenters. The fraction of sp³-hybridized carbons (Fsp3) is 1.00. The highest BCUT2D eigenvalue weighted by molar-refractivity contribution is 4.91. The van der Waals surface area contributed by atoms with Crippen molar-refractivity contribution in [1.82, 2.24) is 10.2 Å². The molecule has 2 saturated carbocycles. The van der Waals surface area contributed by atoms with Crippen molar-refractivity contribution >= 4 is 0 Å². The van der Waals surface area contributed by atoms with Gasteiger partial charge in [0.25, 0.3) is 0 Å². The Kier molecular flexibility index (Phi) is 6.15. The molecule has 0 heterocycles. The van der Waals surface area contributed by atoms with Crippen molar-refractivity contribution in [3.05, 3.63) is 0 Å². The normalized spacial score (nSPS) is 32.5. The minimum Gasteiger partial charge on any atom is -0.313 e. The van der Waals surface area contributed by atoms with Gasteiger partial charge in [-0.05, 0) is 57.5 Å². The van der Waals surface area contributed by atoms with Crippen LogP contribution in [0.3, 0.4) is 0 Å². The monoisotopic (exact) mass is 266 g/mol. The topological polar surface area (TPSA) is 15.3 Å². The molecule has 2 heteroatoms. The smallest absolute Gasteiger partial charge is 0.0249 e. The second-order valence-electron chi connectivity index (χ2n) is 6.94. The average molecular weight is 266 g/mol. The van der Waals surface area contributed by atoms with E-state index in [4.69, 9.17) is 0 Å². The predicted octanol–water partition coefficient (Wildman–Crippen LogP) is 3.67. The Morgan fingerprint density at radius 3 is 2.42 bits per heavy atom. The molecule has 0 radical (unpaired) electrons. The van der Waals surface area contributed by atoms with Gasteiger partial charge in [-0.1, -0.05) is 33.1 Å². The summed E-state index contributed by atoms with van der Waals surface area (Å²) in [5.74, 6) is 1.98. The van der Waals surface area contributed by atoms with Crippen LogP contribution in [0.1, 0.15) is 65.2 Å². The Balaban J connectivity index is 1.89. The van der Waals surface area contributed by atoms with Crippen molar-refractivity contribution in [2.24, 2.45) is 11.8 Å². The third-order valence-corrected chi connectivity index (χ3v) is 5.43. The lowest BCUT2D eigenvalue weighted by atomic mass is 9.78. The third-order valence-electron chi connectivity index (χ3n) is 5.43. The summed E-state index contributed by atoms with van der Waals surface area (Å²) in [5, 5.41) is 3.75. The molecule has 2 aliphatic rings. The lowest BCUT2D eigenvalue weighted by molar-refractivity contribution is 0.0874. The van der Waals surface area contributed by atoms with Gasteiger partial charge in [-0.15, -0.1) is 0 Å². The molecule has 2 aliphatic carbocycles. The first kappa shape index (κ1) is 15.3. The van der Waals surface area contributed by atoms with E-state index in [1.165, 1.54) is 57.9 Å². The molecule has 0 aliphatic heterocycles. The van der Waals surface area contributed by atoms with Gasteiger partial charge in [-0.2, -0.15) is 0 Å². The first-order chi connectivity index (χ1) is 9.24. The van der Waals surface area contributed by atoms with Gasteiger partial charge < -0.3 is 10.2 Å². The van der Waals surface area contributed by atoms with Crippen LogP contribution in [0.2, 0.25) is 0 Å². The van der Waals surface area contributed by atoms with Crippen molar-refractivity contribution in [2.45, 2.75) is 77.3 Å². The zero-order valence-electron chi connectivity index (χ0n) is 13.3. The van der Waals surface area contributed by atoms with E-state index in [1.54, 1.807) is 0 Å². The summed E-state index contributed by atoms with van der Waals surface area (Å²) in [5.41, 5.74) is 0. The van der Waals surface area contributed by atoms with Crippen LogP contribution in [0.5, 0.6) is 0 Å². The molecular formula is C17H34N2. The maximum Gasteiger partial charge on any atom is 0.0249 e. The molecule has 0 aromatic carbocycles. The molecule has 0 amide bonds. The minimum absolute atomic E-state index is 0.739. The van der Waals surface area contributed by atoms with Gasteiger partial charge in [0.15, 0.2) is 0 Å². The van der Waals surface area contributed by atoms with E-state index in [0.717, 1.165) is 30.5 Å². The Hall–Kier alpha value is -0.0800. The Bertz CT molecular complexity index is 250. The number of hydrogen-bond donors (Lipinski definition) is 1. The summed E-state index contributed by atoms with van der Waals surface area (Å²) >= 11 is 0. The summed E-state index contributed by atoms with van der Waals surface area (Å²) in [6.45, 7) is 7.05. The minimum atomic E-state index is 0.739. The van der Waals surface area contributed by atoms with E-state index in [-0.39, 0.29) is 0 Å².